The van der Waals surface area contributed by atoms with E-state index in [1.807, 2.05) is 32.0 Å². The van der Waals surface area contributed by atoms with Crippen LogP contribution in [0.3, 0.4) is 0 Å². The molecule has 1 fully saturated rings. The Bertz CT molecular complexity index is 1580. The van der Waals surface area contributed by atoms with Crippen molar-refractivity contribution >= 4 is 33.2 Å². The minimum Gasteiger partial charge on any atom is -0.490 e. The van der Waals surface area contributed by atoms with E-state index >= 15 is 0 Å². The third-order valence-electron chi connectivity index (χ3n) is 10.7. The molecule has 8 nitrogen and oxygen atoms in total. The summed E-state index contributed by atoms with van der Waals surface area (Å²) in [6.45, 7) is 6.74. The molecule has 0 saturated heterocycles. The summed E-state index contributed by atoms with van der Waals surface area (Å²) in [6.07, 6.45) is 11.7. The van der Waals surface area contributed by atoms with Crippen LogP contribution in [0.15, 0.2) is 42.5 Å². The number of amides is 1. The fraction of sp³-hybridized carbons (Fsp3) is 0.583. The number of aryl methyl sites for hydroxylation is 1. The molecule has 0 radical (unpaired) electrons. The van der Waals surface area contributed by atoms with Gasteiger partial charge in [0.2, 0.25) is 10.0 Å². The second-order valence-electron chi connectivity index (χ2n) is 13.7. The maximum absolute atomic E-state index is 13.5. The Morgan fingerprint density at radius 3 is 2.67 bits per heavy atom. The number of nitrogens with zero attached hydrogens (tertiary/aromatic N) is 1. The zero-order valence-corrected chi connectivity index (χ0v) is 28.8. The monoisotopic (exact) mass is 670 g/mol. The van der Waals surface area contributed by atoms with Gasteiger partial charge in [-0.15, -0.1) is 0 Å². The van der Waals surface area contributed by atoms with Gasteiger partial charge in [0.05, 0.1) is 29.2 Å². The van der Waals surface area contributed by atoms with E-state index in [0.717, 1.165) is 44.3 Å². The van der Waals surface area contributed by atoms with E-state index in [9.17, 15) is 13.2 Å². The van der Waals surface area contributed by atoms with Gasteiger partial charge >= 0.3 is 0 Å². The average Bonchev–Trinajstić information content (AvgIpc) is 3.16. The molecule has 6 rings (SSSR count). The molecule has 2 aromatic rings. The molecule has 1 amide bonds. The molecule has 1 spiro atoms. The number of hydrogen-bond acceptors (Lipinski definition) is 7. The van der Waals surface area contributed by atoms with Gasteiger partial charge in [-0.25, -0.2) is 13.1 Å². The minimum atomic E-state index is -3.88. The van der Waals surface area contributed by atoms with Gasteiger partial charge in [-0.3, -0.25) is 4.79 Å². The van der Waals surface area contributed by atoms with E-state index in [0.29, 0.717) is 73.1 Å². The maximum atomic E-state index is 13.5. The van der Waals surface area contributed by atoms with Crippen LogP contribution in [0, 0.1) is 17.8 Å². The lowest BCUT2D eigenvalue weighted by Crippen LogP contribution is -2.48. The van der Waals surface area contributed by atoms with Crippen LogP contribution in [-0.4, -0.2) is 59.6 Å². The molecule has 10 heteroatoms. The molecule has 46 heavy (non-hydrogen) atoms. The van der Waals surface area contributed by atoms with Crippen molar-refractivity contribution in [3.05, 3.63) is 64.2 Å². The van der Waals surface area contributed by atoms with Crippen LogP contribution in [0.1, 0.15) is 80.3 Å². The topological polar surface area (TPSA) is 94.2 Å². The highest BCUT2D eigenvalue weighted by Crippen LogP contribution is 2.48. The molecule has 4 aliphatic rings. The number of anilines is 1. The summed E-state index contributed by atoms with van der Waals surface area (Å²) >= 11 is 6.69. The van der Waals surface area contributed by atoms with Crippen molar-refractivity contribution in [2.45, 2.75) is 75.9 Å². The second kappa shape index (κ2) is 13.8. The van der Waals surface area contributed by atoms with Crippen molar-refractivity contribution in [1.82, 2.24) is 4.72 Å². The van der Waals surface area contributed by atoms with E-state index in [-0.39, 0.29) is 11.3 Å². The van der Waals surface area contributed by atoms with Gasteiger partial charge in [0.1, 0.15) is 18.1 Å². The van der Waals surface area contributed by atoms with Crippen LogP contribution in [0.25, 0.3) is 0 Å². The summed E-state index contributed by atoms with van der Waals surface area (Å²) < 4.78 is 47.2. The predicted molar refractivity (Wildman–Crippen MR) is 182 cm³/mol. The predicted octanol–water partition coefficient (Wildman–Crippen LogP) is 6.69. The highest BCUT2D eigenvalue weighted by atomic mass is 35.5. The first-order chi connectivity index (χ1) is 22.1. The Balaban J connectivity index is 1.39. The lowest BCUT2D eigenvalue weighted by molar-refractivity contribution is 0.0980. The first-order valence-electron chi connectivity index (χ1n) is 16.8. The molecule has 2 aliphatic carbocycles. The molecule has 2 aromatic carbocycles. The third-order valence-corrected chi connectivity index (χ3v) is 13.1. The van der Waals surface area contributed by atoms with Gasteiger partial charge in [0, 0.05) is 31.2 Å². The van der Waals surface area contributed by atoms with E-state index in [1.54, 1.807) is 13.2 Å². The molecule has 5 atom stereocenters. The summed E-state index contributed by atoms with van der Waals surface area (Å²) in [4.78, 5) is 15.9. The number of rotatable bonds is 5. The Labute approximate surface area is 278 Å². The van der Waals surface area contributed by atoms with Gasteiger partial charge in [0.25, 0.3) is 5.91 Å². The molecule has 1 N–H and O–H groups in total. The molecule has 250 valence electrons. The molecule has 0 aromatic heterocycles. The van der Waals surface area contributed by atoms with Gasteiger partial charge in [0.15, 0.2) is 0 Å². The molecular weight excluding hydrogens is 624 g/mol. The highest BCUT2D eigenvalue weighted by Gasteiger charge is 2.44. The number of carbonyl (C=O) groups is 1. The number of sulfonamides is 1. The standard InChI is InChI=1S/C36H47ClN2O6S/c1-4-34-24(2)8-5-6-9-25-11-12-28(25)21-39-22-36(15-7-10-26-18-30(37)33(20-29(26)36)44-17-16-43-3)23-45-32-14-13-27(19-31(32)39)35(40)38-46(34,41)42/h5-6,13-14,18-20,24-25,28,34H,4,7-12,15-17,21-23H2,1-3H3,(H,38,40)/b6-5+/t24-,25-,28-,34+,36-/m0/s1. The van der Waals surface area contributed by atoms with E-state index < -0.39 is 21.2 Å². The Morgan fingerprint density at radius 2 is 1.91 bits per heavy atom. The molecule has 2 heterocycles. The Morgan fingerprint density at radius 1 is 1.11 bits per heavy atom. The molecule has 0 unspecified atom stereocenters. The van der Waals surface area contributed by atoms with Gasteiger partial charge in [-0.2, -0.15) is 0 Å². The van der Waals surface area contributed by atoms with E-state index in [2.05, 4.69) is 27.8 Å². The van der Waals surface area contributed by atoms with Crippen LogP contribution >= 0.6 is 11.6 Å². The average molecular weight is 671 g/mol. The summed E-state index contributed by atoms with van der Waals surface area (Å²) in [6, 6.07) is 9.49. The van der Waals surface area contributed by atoms with Gasteiger partial charge < -0.3 is 19.1 Å². The summed E-state index contributed by atoms with van der Waals surface area (Å²) in [5.74, 6) is 1.74. The Hall–Kier alpha value is -2.75. The fourth-order valence-electron chi connectivity index (χ4n) is 8.01. The van der Waals surface area contributed by atoms with Crippen molar-refractivity contribution in [3.63, 3.8) is 0 Å². The zero-order chi connectivity index (χ0) is 32.5. The second-order valence-corrected chi connectivity index (χ2v) is 16.0. The molecule has 1 saturated carbocycles. The minimum absolute atomic E-state index is 0.108. The van der Waals surface area contributed by atoms with Crippen molar-refractivity contribution < 1.29 is 27.4 Å². The van der Waals surface area contributed by atoms with Crippen LogP contribution in [0.4, 0.5) is 5.69 Å². The van der Waals surface area contributed by atoms with E-state index in [4.69, 9.17) is 25.8 Å². The Kier molecular flexibility index (Phi) is 9.93. The number of benzene rings is 2. The highest BCUT2D eigenvalue weighted by molar-refractivity contribution is 7.90. The molecule has 2 bridgehead atoms. The largest absolute Gasteiger partial charge is 0.490 e. The molecular formula is C36H47ClN2O6S. The maximum Gasteiger partial charge on any atom is 0.264 e. The number of nitrogens with one attached hydrogen (secondary N) is 1. The van der Waals surface area contributed by atoms with Crippen LogP contribution in [-0.2, 0) is 26.6 Å². The fourth-order valence-corrected chi connectivity index (χ4v) is 9.94. The van der Waals surface area contributed by atoms with Crippen LogP contribution in [0.5, 0.6) is 11.5 Å². The van der Waals surface area contributed by atoms with Crippen molar-refractivity contribution in [3.8, 4) is 11.5 Å². The number of carbonyl (C=O) groups excluding carboxylic acids is 1. The van der Waals surface area contributed by atoms with Crippen LogP contribution < -0.4 is 19.1 Å². The van der Waals surface area contributed by atoms with Gasteiger partial charge in [-0.1, -0.05) is 37.6 Å². The molecule has 2 aliphatic heterocycles. The normalized spacial score (nSPS) is 29.7. The van der Waals surface area contributed by atoms with Crippen LogP contribution in [0.2, 0.25) is 5.02 Å². The smallest absolute Gasteiger partial charge is 0.264 e. The first-order valence-corrected chi connectivity index (χ1v) is 18.7. The first kappa shape index (κ1) is 33.2. The lowest BCUT2D eigenvalue weighted by Gasteiger charge is -2.44. The zero-order valence-electron chi connectivity index (χ0n) is 27.2. The number of fused-ring (bicyclic) bond motifs is 4. The summed E-state index contributed by atoms with van der Waals surface area (Å²) in [5.41, 5.74) is 3.26. The number of halogens is 1. The third kappa shape index (κ3) is 6.65. The van der Waals surface area contributed by atoms with Gasteiger partial charge in [-0.05, 0) is 111 Å². The quantitative estimate of drug-likeness (QED) is 0.280. The van der Waals surface area contributed by atoms with E-state index in [1.165, 1.54) is 17.5 Å². The number of allylic oxidation sites excluding steroid dienone is 2. The van der Waals surface area contributed by atoms with Crippen molar-refractivity contribution in [1.29, 1.82) is 0 Å². The van der Waals surface area contributed by atoms with Crippen molar-refractivity contribution in [2.75, 3.05) is 44.9 Å². The summed E-state index contributed by atoms with van der Waals surface area (Å²) in [7, 11) is -2.23. The number of hydrogen-bond donors (Lipinski definition) is 1. The number of methoxy groups -OCH3 is 1. The lowest BCUT2D eigenvalue weighted by atomic mass is 9.69. The van der Waals surface area contributed by atoms with Crippen molar-refractivity contribution in [2.24, 2.45) is 17.8 Å². The SMILES string of the molecule is CC[C@@H]1[C@@H](C)C/C=C/C[C@H]2CC[C@H]2CN2C[C@@]3(CCCc4cc(Cl)c(OCCOC)cc43)COc3ccc(cc32)C(=O)NS1(=O)=O. The summed E-state index contributed by atoms with van der Waals surface area (Å²) in [5, 5.41) is -0.0559. The number of ether oxygens (including phenoxy) is 3.